The Labute approximate surface area is 234 Å². The summed E-state index contributed by atoms with van der Waals surface area (Å²) in [5.41, 5.74) is 9.56. The second-order valence-electron chi connectivity index (χ2n) is 9.50. The molecule has 39 heavy (non-hydrogen) atoms. The van der Waals surface area contributed by atoms with Gasteiger partial charge >= 0.3 is 7.12 Å². The molecule has 0 radical (unpaired) electrons. The molecule has 0 atom stereocenters. The topological polar surface area (TPSA) is 68.1 Å². The summed E-state index contributed by atoms with van der Waals surface area (Å²) in [5, 5.41) is 17.2. The van der Waals surface area contributed by atoms with Crippen LogP contribution < -0.4 is 33.0 Å². The highest BCUT2D eigenvalue weighted by atomic mass is 16.4. The summed E-state index contributed by atoms with van der Waals surface area (Å²) in [6.07, 6.45) is 1.34. The van der Waals surface area contributed by atoms with Gasteiger partial charge in [-0.15, -0.1) is 0 Å². The summed E-state index contributed by atoms with van der Waals surface area (Å²) in [6.45, 7) is 3.27. The van der Waals surface area contributed by atoms with E-state index in [1.807, 2.05) is 6.07 Å². The fourth-order valence-corrected chi connectivity index (χ4v) is 5.00. The molecule has 5 rings (SSSR count). The summed E-state index contributed by atoms with van der Waals surface area (Å²) < 4.78 is 0. The minimum Gasteiger partial charge on any atom is -0.423 e. The molecule has 0 heterocycles. The molecule has 3 nitrogen and oxygen atoms in total. The van der Waals surface area contributed by atoms with Gasteiger partial charge < -0.3 is 15.8 Å². The maximum atomic E-state index is 8.58. The van der Waals surface area contributed by atoms with Crippen molar-refractivity contribution in [3.8, 4) is 0 Å². The molecule has 0 unspecified atom stereocenters. The second kappa shape index (κ2) is 16.2. The van der Waals surface area contributed by atoms with E-state index in [0.29, 0.717) is 5.46 Å². The molecular weight excluding hydrogens is 476 g/mol. The molecule has 5 aromatic carbocycles. The van der Waals surface area contributed by atoms with E-state index in [2.05, 4.69) is 134 Å². The number of hydrogen-bond acceptors (Lipinski definition) is 2. The van der Waals surface area contributed by atoms with E-state index in [1.54, 1.807) is 24.3 Å². The zero-order valence-electron chi connectivity index (χ0n) is 22.8. The summed E-state index contributed by atoms with van der Waals surface area (Å²) in [7, 11) is -1.34. The van der Waals surface area contributed by atoms with Crippen molar-refractivity contribution in [2.45, 2.75) is 19.8 Å². The number of benzene rings is 5. The van der Waals surface area contributed by atoms with E-state index in [1.165, 1.54) is 34.7 Å². The van der Waals surface area contributed by atoms with Gasteiger partial charge in [0.2, 0.25) is 0 Å². The Balaban J connectivity index is 0.000000248. The highest BCUT2D eigenvalue weighted by molar-refractivity contribution is 7.19. The summed E-state index contributed by atoms with van der Waals surface area (Å²) in [4.78, 5) is 0. The normalized spacial score (nSPS) is 10.4. The van der Waals surface area contributed by atoms with E-state index in [0.717, 1.165) is 6.54 Å². The van der Waals surface area contributed by atoms with Crippen LogP contribution in [-0.4, -0.2) is 29.9 Å². The van der Waals surface area contributed by atoms with Crippen LogP contribution in [0.5, 0.6) is 0 Å². The minimum absolute atomic E-state index is 0.525. The maximum absolute atomic E-state index is 8.58. The summed E-state index contributed by atoms with van der Waals surface area (Å²) in [6, 6.07) is 52.2. The minimum atomic E-state index is -1.34. The number of unbranched alkanes of at least 4 members (excludes halogenated alkanes) is 1. The van der Waals surface area contributed by atoms with Crippen LogP contribution in [0.3, 0.4) is 0 Å². The first kappa shape index (κ1) is 29.7. The van der Waals surface area contributed by atoms with Gasteiger partial charge in [0.1, 0.15) is 6.15 Å². The monoisotopic (exact) mass is 515 g/mol. The Morgan fingerprint density at radius 3 is 0.974 bits per heavy atom. The third-order valence-electron chi connectivity index (χ3n) is 6.90. The van der Waals surface area contributed by atoms with E-state index in [9.17, 15) is 0 Å². The lowest BCUT2D eigenvalue weighted by Gasteiger charge is -2.44. The molecule has 0 aromatic heterocycles. The molecule has 0 fully saturated rings. The van der Waals surface area contributed by atoms with Crippen molar-refractivity contribution >= 4 is 40.6 Å². The maximum Gasteiger partial charge on any atom is 0.488 e. The largest absolute Gasteiger partial charge is 0.488 e. The predicted molar refractivity (Wildman–Crippen MR) is 169 cm³/mol. The average molecular weight is 515 g/mol. The van der Waals surface area contributed by atoms with Gasteiger partial charge in [-0.3, -0.25) is 0 Å². The Hall–Kier alpha value is -3.89. The molecule has 0 saturated heterocycles. The highest BCUT2D eigenvalue weighted by Crippen LogP contribution is 2.09. The molecule has 5 N–H and O–H groups in total. The molecular formula is C34H39B2NO2. The first-order valence-electron chi connectivity index (χ1n) is 13.7. The fraction of sp³-hybridized carbons (Fsp3) is 0.118. The van der Waals surface area contributed by atoms with Crippen molar-refractivity contribution in [2.75, 3.05) is 6.54 Å². The fourth-order valence-electron chi connectivity index (χ4n) is 5.00. The van der Waals surface area contributed by atoms with Crippen LogP contribution in [-0.2, 0) is 0 Å². The Morgan fingerprint density at radius 2 is 0.795 bits per heavy atom. The third kappa shape index (κ3) is 8.05. The van der Waals surface area contributed by atoms with Gasteiger partial charge in [0.15, 0.2) is 0 Å². The van der Waals surface area contributed by atoms with Crippen molar-refractivity contribution < 1.29 is 15.8 Å². The van der Waals surface area contributed by atoms with Crippen LogP contribution in [0.25, 0.3) is 0 Å². The van der Waals surface area contributed by atoms with Crippen LogP contribution in [0.15, 0.2) is 152 Å². The molecule has 0 saturated carbocycles. The van der Waals surface area contributed by atoms with E-state index < -0.39 is 13.3 Å². The molecule has 0 aliphatic carbocycles. The standard InChI is InChI=1S/C24H20B.C6H7BO2.C4H11N/c1-5-13-21(14-6-1)25(22-15-7-2-8-16-22,23-17-9-3-10-18-23)24-19-11-4-12-20-24;8-7(9)6-4-2-1-3-5-6;1-2-3-4-5/h1-20H;1-5,8-9H;2-5H2,1H3/q-1;;/p+1. The predicted octanol–water partition coefficient (Wildman–Crippen LogP) is 2.46. The molecule has 5 heteroatoms. The zero-order chi connectivity index (χ0) is 27.8. The van der Waals surface area contributed by atoms with Crippen LogP contribution >= 0.6 is 0 Å². The molecule has 198 valence electrons. The summed E-state index contributed by atoms with van der Waals surface area (Å²) >= 11 is 0. The lowest BCUT2D eigenvalue weighted by atomic mass is 9.13. The van der Waals surface area contributed by atoms with E-state index in [4.69, 9.17) is 10.0 Å². The van der Waals surface area contributed by atoms with Crippen molar-refractivity contribution in [1.82, 2.24) is 0 Å². The van der Waals surface area contributed by atoms with E-state index in [-0.39, 0.29) is 0 Å². The van der Waals surface area contributed by atoms with E-state index >= 15 is 0 Å². The first-order chi connectivity index (χ1) is 19.1. The quantitative estimate of drug-likeness (QED) is 0.292. The van der Waals surface area contributed by atoms with Crippen molar-refractivity contribution in [2.24, 2.45) is 0 Å². The number of quaternary nitrogens is 1. The Morgan fingerprint density at radius 1 is 0.513 bits per heavy atom. The third-order valence-corrected chi connectivity index (χ3v) is 6.90. The number of hydrogen-bond donors (Lipinski definition) is 3. The molecule has 5 aromatic rings. The molecule has 0 amide bonds. The lowest BCUT2D eigenvalue weighted by Crippen LogP contribution is -2.74. The van der Waals surface area contributed by atoms with Gasteiger partial charge in [-0.1, -0.05) is 165 Å². The van der Waals surface area contributed by atoms with Gasteiger partial charge in [-0.2, -0.15) is 21.9 Å². The zero-order valence-corrected chi connectivity index (χ0v) is 22.8. The molecule has 0 aliphatic rings. The first-order valence-corrected chi connectivity index (χ1v) is 13.7. The smallest absolute Gasteiger partial charge is 0.423 e. The SMILES string of the molecule is CCCC[NH3+].OB(O)c1ccccc1.c1ccc([B-](c2ccccc2)(c2ccccc2)c2ccccc2)cc1. The summed E-state index contributed by atoms with van der Waals surface area (Å²) in [5.74, 6) is 0. The van der Waals surface area contributed by atoms with Crippen LogP contribution in [0.1, 0.15) is 19.8 Å². The van der Waals surface area contributed by atoms with Crippen molar-refractivity contribution in [3.63, 3.8) is 0 Å². The van der Waals surface area contributed by atoms with Gasteiger partial charge in [0.05, 0.1) is 6.54 Å². The molecule has 0 spiro atoms. The van der Waals surface area contributed by atoms with Crippen LogP contribution in [0.4, 0.5) is 0 Å². The van der Waals surface area contributed by atoms with Crippen LogP contribution in [0.2, 0.25) is 0 Å². The molecule has 0 bridgehead atoms. The van der Waals surface area contributed by atoms with Gasteiger partial charge in [0.25, 0.3) is 0 Å². The van der Waals surface area contributed by atoms with Gasteiger partial charge in [-0.25, -0.2) is 0 Å². The lowest BCUT2D eigenvalue weighted by molar-refractivity contribution is -0.368. The van der Waals surface area contributed by atoms with Gasteiger partial charge in [-0.05, 0) is 11.9 Å². The van der Waals surface area contributed by atoms with Gasteiger partial charge in [0, 0.05) is 0 Å². The molecule has 0 aliphatic heterocycles. The van der Waals surface area contributed by atoms with Crippen molar-refractivity contribution in [3.05, 3.63) is 152 Å². The average Bonchev–Trinajstić information content (AvgIpc) is 3.01. The highest BCUT2D eigenvalue weighted by Gasteiger charge is 2.31. The Bertz CT molecular complexity index is 1140. The number of rotatable bonds is 7. The van der Waals surface area contributed by atoms with Crippen LogP contribution in [0, 0.1) is 0 Å². The van der Waals surface area contributed by atoms with Crippen molar-refractivity contribution in [1.29, 1.82) is 0 Å². The Kier molecular flexibility index (Phi) is 12.3. The second-order valence-corrected chi connectivity index (χ2v) is 9.50.